The molecule has 2 aromatic rings. The molecule has 84 valence electrons. The van der Waals surface area contributed by atoms with E-state index < -0.39 is 0 Å². The number of hydrogen-bond donors (Lipinski definition) is 1. The van der Waals surface area contributed by atoms with Gasteiger partial charge in [-0.25, -0.2) is 0 Å². The zero-order valence-electron chi connectivity index (χ0n) is 9.04. The van der Waals surface area contributed by atoms with Crippen molar-refractivity contribution in [2.24, 2.45) is 0 Å². The first-order chi connectivity index (χ1) is 7.84. The van der Waals surface area contributed by atoms with Gasteiger partial charge in [0, 0.05) is 25.7 Å². The number of tetrazole rings is 1. The number of anilines is 1. The highest BCUT2D eigenvalue weighted by Gasteiger charge is 2.18. The second-order valence-electron chi connectivity index (χ2n) is 4.02. The maximum absolute atomic E-state index is 4.16. The molecule has 0 bridgehead atoms. The molecule has 16 heavy (non-hydrogen) atoms. The van der Waals surface area contributed by atoms with Crippen molar-refractivity contribution in [1.82, 2.24) is 30.3 Å². The summed E-state index contributed by atoms with van der Waals surface area (Å²) < 4.78 is 1.73. The van der Waals surface area contributed by atoms with Crippen molar-refractivity contribution in [3.05, 3.63) is 12.4 Å². The lowest BCUT2D eigenvalue weighted by atomic mass is 10.2. The molecule has 1 fully saturated rings. The lowest BCUT2D eigenvalue weighted by molar-refractivity contribution is 0.479. The van der Waals surface area contributed by atoms with Gasteiger partial charge in [-0.2, -0.15) is 4.52 Å². The minimum atomic E-state index is 0.473. The van der Waals surface area contributed by atoms with Crippen LogP contribution in [0.1, 0.15) is 6.92 Å². The van der Waals surface area contributed by atoms with Crippen molar-refractivity contribution < 1.29 is 0 Å². The summed E-state index contributed by atoms with van der Waals surface area (Å²) in [6.45, 7) is 5.03. The summed E-state index contributed by atoms with van der Waals surface area (Å²) in [6, 6.07) is 0.473. The third kappa shape index (κ3) is 1.49. The van der Waals surface area contributed by atoms with E-state index >= 15 is 0 Å². The standard InChI is InChI=1S/C9H13N7/c1-7-6-15(3-2-11-7)9-5-10-4-8-12-13-14-16(8)9/h4-5,7,11H,2-3,6H2,1H3/t7-/m1/s1. The van der Waals surface area contributed by atoms with Gasteiger partial charge in [0.05, 0.1) is 12.4 Å². The summed E-state index contributed by atoms with van der Waals surface area (Å²) >= 11 is 0. The Morgan fingerprint density at radius 1 is 1.44 bits per heavy atom. The average molecular weight is 219 g/mol. The smallest absolute Gasteiger partial charge is 0.199 e. The van der Waals surface area contributed by atoms with E-state index in [0.717, 1.165) is 25.5 Å². The number of rotatable bonds is 1. The van der Waals surface area contributed by atoms with Gasteiger partial charge in [-0.1, -0.05) is 0 Å². The monoisotopic (exact) mass is 219 g/mol. The number of nitrogens with zero attached hydrogens (tertiary/aromatic N) is 6. The zero-order valence-corrected chi connectivity index (χ0v) is 9.04. The molecular weight excluding hydrogens is 206 g/mol. The molecule has 3 heterocycles. The fraction of sp³-hybridized carbons (Fsp3) is 0.556. The highest BCUT2D eigenvalue weighted by Crippen LogP contribution is 2.14. The molecule has 7 heteroatoms. The quantitative estimate of drug-likeness (QED) is 0.685. The van der Waals surface area contributed by atoms with Crippen molar-refractivity contribution in [2.45, 2.75) is 13.0 Å². The van der Waals surface area contributed by atoms with E-state index in [1.807, 2.05) is 0 Å². The van der Waals surface area contributed by atoms with Crippen molar-refractivity contribution in [1.29, 1.82) is 0 Å². The molecule has 1 saturated heterocycles. The van der Waals surface area contributed by atoms with Crippen molar-refractivity contribution in [2.75, 3.05) is 24.5 Å². The van der Waals surface area contributed by atoms with E-state index in [0.29, 0.717) is 11.7 Å². The van der Waals surface area contributed by atoms with Gasteiger partial charge in [0.15, 0.2) is 11.5 Å². The molecule has 2 aromatic heterocycles. The normalized spacial score (nSPS) is 21.6. The van der Waals surface area contributed by atoms with Gasteiger partial charge in [0.25, 0.3) is 0 Å². The molecule has 0 spiro atoms. The summed E-state index contributed by atoms with van der Waals surface area (Å²) in [5.74, 6) is 0.954. The molecule has 0 aromatic carbocycles. The van der Waals surface area contributed by atoms with Gasteiger partial charge in [-0.05, 0) is 17.4 Å². The van der Waals surface area contributed by atoms with E-state index in [1.54, 1.807) is 16.9 Å². The Hall–Kier alpha value is -1.76. The summed E-state index contributed by atoms with van der Waals surface area (Å²) in [5, 5.41) is 14.9. The average Bonchev–Trinajstić information content (AvgIpc) is 2.76. The molecule has 1 N–H and O–H groups in total. The Bertz CT molecular complexity index is 493. The molecule has 0 radical (unpaired) electrons. The van der Waals surface area contributed by atoms with Crippen LogP contribution in [0.25, 0.3) is 5.65 Å². The van der Waals surface area contributed by atoms with Crippen LogP contribution >= 0.6 is 0 Å². The third-order valence-electron chi connectivity index (χ3n) is 2.78. The lowest BCUT2D eigenvalue weighted by Gasteiger charge is -2.32. The van der Waals surface area contributed by atoms with Crippen LogP contribution in [0.15, 0.2) is 12.4 Å². The Balaban J connectivity index is 2.01. The van der Waals surface area contributed by atoms with Crippen molar-refractivity contribution in [3.63, 3.8) is 0 Å². The maximum Gasteiger partial charge on any atom is 0.199 e. The number of piperazine rings is 1. The van der Waals surface area contributed by atoms with Gasteiger partial charge in [-0.3, -0.25) is 4.98 Å². The predicted molar refractivity (Wildman–Crippen MR) is 58.3 cm³/mol. The number of aromatic nitrogens is 5. The molecule has 0 unspecified atom stereocenters. The first kappa shape index (κ1) is 9.46. The van der Waals surface area contributed by atoms with Gasteiger partial charge < -0.3 is 10.2 Å². The van der Waals surface area contributed by atoms with Crippen molar-refractivity contribution in [3.8, 4) is 0 Å². The highest BCUT2D eigenvalue weighted by atomic mass is 15.5. The van der Waals surface area contributed by atoms with Crippen LogP contribution in [0.3, 0.4) is 0 Å². The second-order valence-corrected chi connectivity index (χ2v) is 4.02. The van der Waals surface area contributed by atoms with E-state index in [-0.39, 0.29) is 0 Å². The topological polar surface area (TPSA) is 71.2 Å². The molecule has 7 nitrogen and oxygen atoms in total. The largest absolute Gasteiger partial charge is 0.352 e. The molecule has 0 amide bonds. The summed E-state index contributed by atoms with van der Waals surface area (Å²) in [6.07, 6.45) is 3.47. The van der Waals surface area contributed by atoms with E-state index in [2.05, 4.69) is 37.6 Å². The minimum absolute atomic E-state index is 0.473. The number of nitrogens with one attached hydrogen (secondary N) is 1. The van der Waals surface area contributed by atoms with Crippen LogP contribution < -0.4 is 10.2 Å². The Morgan fingerprint density at radius 2 is 2.38 bits per heavy atom. The van der Waals surface area contributed by atoms with Gasteiger partial charge in [0.2, 0.25) is 0 Å². The zero-order chi connectivity index (χ0) is 11.0. The first-order valence-electron chi connectivity index (χ1n) is 5.35. The van der Waals surface area contributed by atoms with Gasteiger partial charge in [0.1, 0.15) is 0 Å². The summed E-state index contributed by atoms with van der Waals surface area (Å²) in [7, 11) is 0. The predicted octanol–water partition coefficient (Wildman–Crippen LogP) is -0.683. The lowest BCUT2D eigenvalue weighted by Crippen LogP contribution is -2.49. The molecular formula is C9H13N7. The summed E-state index contributed by atoms with van der Waals surface area (Å²) in [4.78, 5) is 6.41. The van der Waals surface area contributed by atoms with Crippen LogP contribution in [-0.4, -0.2) is 50.7 Å². The van der Waals surface area contributed by atoms with Gasteiger partial charge in [-0.15, -0.1) is 5.10 Å². The van der Waals surface area contributed by atoms with Crippen LogP contribution in [-0.2, 0) is 0 Å². The van der Waals surface area contributed by atoms with E-state index in [9.17, 15) is 0 Å². The summed E-state index contributed by atoms with van der Waals surface area (Å²) in [5.41, 5.74) is 0.684. The Kier molecular flexibility index (Phi) is 2.17. The fourth-order valence-electron chi connectivity index (χ4n) is 2.02. The Labute approximate surface area is 92.5 Å². The fourth-order valence-corrected chi connectivity index (χ4v) is 2.02. The van der Waals surface area contributed by atoms with Crippen LogP contribution in [0.4, 0.5) is 5.82 Å². The number of hydrogen-bond acceptors (Lipinski definition) is 6. The highest BCUT2D eigenvalue weighted by molar-refractivity contribution is 5.46. The third-order valence-corrected chi connectivity index (χ3v) is 2.78. The SMILES string of the molecule is C[C@@H]1CN(c2cncc3nnnn23)CCN1. The van der Waals surface area contributed by atoms with E-state index in [4.69, 9.17) is 0 Å². The molecule has 3 rings (SSSR count). The van der Waals surface area contributed by atoms with Crippen LogP contribution in [0.5, 0.6) is 0 Å². The van der Waals surface area contributed by atoms with E-state index in [1.165, 1.54) is 0 Å². The van der Waals surface area contributed by atoms with Crippen LogP contribution in [0, 0.1) is 0 Å². The molecule has 1 aliphatic heterocycles. The van der Waals surface area contributed by atoms with Crippen LogP contribution in [0.2, 0.25) is 0 Å². The molecule has 0 aliphatic carbocycles. The van der Waals surface area contributed by atoms with Gasteiger partial charge >= 0.3 is 0 Å². The maximum atomic E-state index is 4.16. The first-order valence-corrected chi connectivity index (χ1v) is 5.35. The molecule has 0 saturated carbocycles. The minimum Gasteiger partial charge on any atom is -0.352 e. The molecule has 1 atom stereocenters. The molecule has 1 aliphatic rings. The number of fused-ring (bicyclic) bond motifs is 1. The Morgan fingerprint density at radius 3 is 3.25 bits per heavy atom. The van der Waals surface area contributed by atoms with Crippen molar-refractivity contribution >= 4 is 11.5 Å². The second kappa shape index (κ2) is 3.67.